The van der Waals surface area contributed by atoms with Crippen LogP contribution in [0.3, 0.4) is 0 Å². The molecule has 2 heterocycles. The van der Waals surface area contributed by atoms with Gasteiger partial charge >= 0.3 is 0 Å². The molecule has 2 aromatic heterocycles. The predicted molar refractivity (Wildman–Crippen MR) is 81.1 cm³/mol. The highest BCUT2D eigenvalue weighted by Crippen LogP contribution is 2.33. The summed E-state index contributed by atoms with van der Waals surface area (Å²) in [6, 6.07) is 8.13. The van der Waals surface area contributed by atoms with Crippen LogP contribution in [-0.4, -0.2) is 9.97 Å². The Kier molecular flexibility index (Phi) is 3.28. The minimum Gasteiger partial charge on any atom is -0.240 e. The summed E-state index contributed by atoms with van der Waals surface area (Å²) in [5, 5.41) is 6.20. The maximum absolute atomic E-state index is 4.66. The van der Waals surface area contributed by atoms with Gasteiger partial charge < -0.3 is 0 Å². The number of halogens is 1. The smallest absolute Gasteiger partial charge is 0.125 e. The summed E-state index contributed by atoms with van der Waals surface area (Å²) < 4.78 is 1.07. The molecule has 3 aromatic rings. The second-order valence-corrected chi connectivity index (χ2v) is 6.54. The van der Waals surface area contributed by atoms with Gasteiger partial charge in [0.15, 0.2) is 0 Å². The number of hydrogen-bond acceptors (Lipinski definition) is 4. The Morgan fingerprint density at radius 2 is 1.72 bits per heavy atom. The van der Waals surface area contributed by atoms with Crippen molar-refractivity contribution in [2.75, 3.05) is 0 Å². The van der Waals surface area contributed by atoms with Crippen molar-refractivity contribution in [1.29, 1.82) is 0 Å². The molecule has 0 amide bonds. The average molecular weight is 337 g/mol. The highest BCUT2D eigenvalue weighted by molar-refractivity contribution is 9.10. The molecule has 0 fully saturated rings. The molecule has 90 valence electrons. The molecule has 0 spiro atoms. The third-order valence-electron chi connectivity index (χ3n) is 2.49. The van der Waals surface area contributed by atoms with Crippen LogP contribution in [-0.2, 0) is 0 Å². The van der Waals surface area contributed by atoms with Crippen LogP contribution in [0.4, 0.5) is 0 Å². The van der Waals surface area contributed by atoms with Crippen molar-refractivity contribution in [3.8, 4) is 22.0 Å². The molecule has 3 rings (SSSR count). The van der Waals surface area contributed by atoms with E-state index >= 15 is 0 Å². The molecule has 0 bridgehead atoms. The monoisotopic (exact) mass is 336 g/mol. The van der Waals surface area contributed by atoms with Crippen LogP contribution in [0.25, 0.3) is 22.0 Å². The largest absolute Gasteiger partial charge is 0.240 e. The first-order chi connectivity index (χ1) is 8.74. The summed E-state index contributed by atoms with van der Waals surface area (Å²) in [5.41, 5.74) is 3.04. The van der Waals surface area contributed by atoms with E-state index in [1.807, 2.05) is 30.5 Å². The first-order valence-corrected chi connectivity index (χ1v) is 7.92. The lowest BCUT2D eigenvalue weighted by Crippen LogP contribution is -1.81. The fraction of sp³-hybridized carbons (Fsp3) is 0.0769. The fourth-order valence-corrected chi connectivity index (χ4v) is 3.69. The molecule has 0 radical (unpaired) electrons. The zero-order chi connectivity index (χ0) is 12.5. The molecule has 1 aromatic carbocycles. The molecule has 0 N–H and O–H groups in total. The van der Waals surface area contributed by atoms with E-state index in [0.29, 0.717) is 0 Å². The van der Waals surface area contributed by atoms with Gasteiger partial charge in [-0.3, -0.25) is 0 Å². The van der Waals surface area contributed by atoms with Crippen LogP contribution < -0.4 is 0 Å². The Bertz CT molecular complexity index is 688. The summed E-state index contributed by atoms with van der Waals surface area (Å²) in [6.45, 7) is 2.01. The van der Waals surface area contributed by atoms with Gasteiger partial charge in [0.25, 0.3) is 0 Å². The van der Waals surface area contributed by atoms with Crippen molar-refractivity contribution in [1.82, 2.24) is 9.97 Å². The van der Waals surface area contributed by atoms with E-state index in [1.54, 1.807) is 22.7 Å². The molecular weight excluding hydrogens is 328 g/mol. The molecule has 5 heteroatoms. The van der Waals surface area contributed by atoms with Gasteiger partial charge in [-0.1, -0.05) is 34.1 Å². The summed E-state index contributed by atoms with van der Waals surface area (Å²) in [4.78, 5) is 9.12. The Labute approximate surface area is 121 Å². The van der Waals surface area contributed by atoms with Gasteiger partial charge in [0, 0.05) is 20.8 Å². The minimum absolute atomic E-state index is 0.954. The number of aryl methyl sites for hydroxylation is 1. The number of thiazole rings is 2. The van der Waals surface area contributed by atoms with Crippen molar-refractivity contribution >= 4 is 38.6 Å². The van der Waals surface area contributed by atoms with Crippen LogP contribution in [0.2, 0.25) is 0 Å². The van der Waals surface area contributed by atoms with E-state index in [2.05, 4.69) is 37.3 Å². The van der Waals surface area contributed by atoms with Gasteiger partial charge in [-0.15, -0.1) is 22.7 Å². The van der Waals surface area contributed by atoms with E-state index in [1.165, 1.54) is 0 Å². The number of hydrogen-bond donors (Lipinski definition) is 0. The van der Waals surface area contributed by atoms with Gasteiger partial charge in [0.2, 0.25) is 0 Å². The Morgan fingerprint density at radius 1 is 1.00 bits per heavy atom. The molecule has 18 heavy (non-hydrogen) atoms. The van der Waals surface area contributed by atoms with Crippen molar-refractivity contribution in [3.05, 3.63) is 44.5 Å². The van der Waals surface area contributed by atoms with E-state index in [4.69, 9.17) is 0 Å². The predicted octanol–water partition coefficient (Wildman–Crippen LogP) is 5.00. The second kappa shape index (κ2) is 4.91. The van der Waals surface area contributed by atoms with Crippen molar-refractivity contribution in [2.24, 2.45) is 0 Å². The SMILES string of the molecule is Cc1nc(-c2csc(-c3ccccc3Br)n2)cs1. The van der Waals surface area contributed by atoms with Gasteiger partial charge in [-0.25, -0.2) is 9.97 Å². The van der Waals surface area contributed by atoms with Gasteiger partial charge in [-0.2, -0.15) is 0 Å². The Hall–Kier alpha value is -1.04. The van der Waals surface area contributed by atoms with Gasteiger partial charge in [-0.05, 0) is 13.0 Å². The zero-order valence-corrected chi connectivity index (χ0v) is 12.8. The average Bonchev–Trinajstić information content (AvgIpc) is 2.98. The van der Waals surface area contributed by atoms with Crippen LogP contribution in [0.1, 0.15) is 5.01 Å². The van der Waals surface area contributed by atoms with Crippen LogP contribution in [0.5, 0.6) is 0 Å². The molecule has 0 saturated carbocycles. The maximum Gasteiger partial charge on any atom is 0.125 e. The third-order valence-corrected chi connectivity index (χ3v) is 4.83. The molecule has 0 unspecified atom stereocenters. The molecule has 0 aliphatic heterocycles. The number of rotatable bonds is 2. The van der Waals surface area contributed by atoms with Gasteiger partial charge in [0.1, 0.15) is 16.4 Å². The Balaban J connectivity index is 2.02. The van der Waals surface area contributed by atoms with Crippen molar-refractivity contribution < 1.29 is 0 Å². The van der Waals surface area contributed by atoms with Crippen molar-refractivity contribution in [2.45, 2.75) is 6.92 Å². The quantitative estimate of drug-likeness (QED) is 0.657. The lowest BCUT2D eigenvalue weighted by atomic mass is 10.2. The number of nitrogens with zero attached hydrogens (tertiary/aromatic N) is 2. The van der Waals surface area contributed by atoms with E-state index < -0.39 is 0 Å². The molecule has 0 aliphatic rings. The van der Waals surface area contributed by atoms with Crippen LogP contribution in [0.15, 0.2) is 39.5 Å². The summed E-state index contributed by atoms with van der Waals surface area (Å²) in [5.74, 6) is 0. The van der Waals surface area contributed by atoms with Gasteiger partial charge in [0.05, 0.1) is 5.01 Å². The summed E-state index contributed by atoms with van der Waals surface area (Å²) >= 11 is 6.85. The first-order valence-electron chi connectivity index (χ1n) is 5.37. The third kappa shape index (κ3) is 2.25. The van der Waals surface area contributed by atoms with E-state index in [9.17, 15) is 0 Å². The minimum atomic E-state index is 0.954. The van der Waals surface area contributed by atoms with Crippen molar-refractivity contribution in [3.63, 3.8) is 0 Å². The molecular formula is C13H9BrN2S2. The topological polar surface area (TPSA) is 25.8 Å². The molecule has 0 atom stereocenters. The van der Waals surface area contributed by atoms with Crippen LogP contribution >= 0.6 is 38.6 Å². The normalized spacial score (nSPS) is 10.8. The van der Waals surface area contributed by atoms with E-state index in [0.717, 1.165) is 31.4 Å². The number of aromatic nitrogens is 2. The van der Waals surface area contributed by atoms with Crippen LogP contribution in [0, 0.1) is 6.92 Å². The molecule has 2 nitrogen and oxygen atoms in total. The standard InChI is InChI=1S/C13H9BrN2S2/c1-8-15-11(6-17-8)12-7-18-13(16-12)9-4-2-3-5-10(9)14/h2-7H,1H3. The summed E-state index contributed by atoms with van der Waals surface area (Å²) in [7, 11) is 0. The molecule has 0 saturated heterocycles. The highest BCUT2D eigenvalue weighted by Gasteiger charge is 2.10. The maximum atomic E-state index is 4.66. The highest BCUT2D eigenvalue weighted by atomic mass is 79.9. The van der Waals surface area contributed by atoms with E-state index in [-0.39, 0.29) is 0 Å². The molecule has 0 aliphatic carbocycles. The fourth-order valence-electron chi connectivity index (χ4n) is 1.63. The summed E-state index contributed by atoms with van der Waals surface area (Å²) in [6.07, 6.45) is 0. The lowest BCUT2D eigenvalue weighted by molar-refractivity contribution is 1.27. The Morgan fingerprint density at radius 3 is 2.44 bits per heavy atom. The number of benzene rings is 1. The lowest BCUT2D eigenvalue weighted by Gasteiger charge is -1.98. The first kappa shape index (κ1) is 12.0. The second-order valence-electron chi connectivity index (χ2n) is 3.77. The zero-order valence-electron chi connectivity index (χ0n) is 9.55.